The molecule has 3 rings (SSSR count). The molecule has 1 N–H and O–H groups in total. The number of rotatable bonds is 5. The molecular weight excluding hydrogens is 398 g/mol. The van der Waals surface area contributed by atoms with Gasteiger partial charge in [-0.1, -0.05) is 23.8 Å². The Hall–Kier alpha value is -2.69. The van der Waals surface area contributed by atoms with Crippen molar-refractivity contribution in [3.8, 4) is 6.07 Å². The lowest BCUT2D eigenvalue weighted by Crippen LogP contribution is -2.43. The smallest absolute Gasteiger partial charge is 0.243 e. The second-order valence-electron chi connectivity index (χ2n) is 7.90. The zero-order valence-electron chi connectivity index (χ0n) is 17.6. The third-order valence-corrected chi connectivity index (χ3v) is 7.62. The predicted octanol–water partition coefficient (Wildman–Crippen LogP) is 3.45. The van der Waals surface area contributed by atoms with Crippen LogP contribution in [0, 0.1) is 31.1 Å². The van der Waals surface area contributed by atoms with E-state index in [0.29, 0.717) is 31.5 Å². The first kappa shape index (κ1) is 22.0. The molecule has 0 radical (unpaired) electrons. The lowest BCUT2D eigenvalue weighted by molar-refractivity contribution is -0.126. The average molecular weight is 426 g/mol. The van der Waals surface area contributed by atoms with Crippen LogP contribution in [0.5, 0.6) is 0 Å². The van der Waals surface area contributed by atoms with Gasteiger partial charge < -0.3 is 5.32 Å². The lowest BCUT2D eigenvalue weighted by Gasteiger charge is -2.31. The molecular formula is C23H27N3O3S. The number of sulfonamides is 1. The number of nitrogens with one attached hydrogen (secondary N) is 1. The number of nitrogens with zero attached hydrogens (tertiary/aromatic N) is 2. The maximum Gasteiger partial charge on any atom is 0.243 e. The normalized spacial score (nSPS) is 16.6. The van der Waals surface area contributed by atoms with Crippen LogP contribution in [-0.4, -0.2) is 31.7 Å². The van der Waals surface area contributed by atoms with Crippen LogP contribution >= 0.6 is 0 Å². The first-order chi connectivity index (χ1) is 14.2. The van der Waals surface area contributed by atoms with Gasteiger partial charge in [-0.3, -0.25) is 4.79 Å². The highest BCUT2D eigenvalue weighted by atomic mass is 32.2. The quantitative estimate of drug-likeness (QED) is 0.794. The minimum atomic E-state index is -3.62. The van der Waals surface area contributed by atoms with E-state index in [1.54, 1.807) is 0 Å². The largest absolute Gasteiger partial charge is 0.349 e. The first-order valence-electron chi connectivity index (χ1n) is 10.1. The van der Waals surface area contributed by atoms with E-state index >= 15 is 0 Å². The van der Waals surface area contributed by atoms with Crippen LogP contribution in [0.3, 0.4) is 0 Å². The summed E-state index contributed by atoms with van der Waals surface area (Å²) >= 11 is 0. The number of hydrogen-bond acceptors (Lipinski definition) is 4. The second-order valence-corrected chi connectivity index (χ2v) is 9.84. The van der Waals surface area contributed by atoms with Gasteiger partial charge in [0.1, 0.15) is 0 Å². The Morgan fingerprint density at radius 2 is 1.77 bits per heavy atom. The first-order valence-corrected chi connectivity index (χ1v) is 11.5. The van der Waals surface area contributed by atoms with Crippen LogP contribution in [0.1, 0.15) is 48.1 Å². The molecule has 1 fully saturated rings. The highest BCUT2D eigenvalue weighted by Crippen LogP contribution is 2.26. The number of benzene rings is 2. The van der Waals surface area contributed by atoms with Crippen LogP contribution in [0.25, 0.3) is 0 Å². The van der Waals surface area contributed by atoms with Crippen molar-refractivity contribution >= 4 is 15.9 Å². The van der Waals surface area contributed by atoms with Crippen LogP contribution < -0.4 is 5.32 Å². The lowest BCUT2D eigenvalue weighted by atomic mass is 9.95. The molecule has 0 spiro atoms. The van der Waals surface area contributed by atoms with Crippen molar-refractivity contribution < 1.29 is 13.2 Å². The van der Waals surface area contributed by atoms with Gasteiger partial charge in [-0.25, -0.2) is 8.42 Å². The third-order valence-electron chi connectivity index (χ3n) is 5.71. The molecule has 0 bridgehead atoms. The Labute approximate surface area is 178 Å². The number of aryl methyl sites for hydroxylation is 2. The summed E-state index contributed by atoms with van der Waals surface area (Å²) < 4.78 is 27.1. The molecule has 30 heavy (non-hydrogen) atoms. The average Bonchev–Trinajstić information content (AvgIpc) is 2.75. The van der Waals surface area contributed by atoms with E-state index in [1.165, 1.54) is 28.6 Å². The molecule has 1 saturated heterocycles. The number of carbonyl (C=O) groups excluding carboxylic acids is 1. The number of amides is 1. The van der Waals surface area contributed by atoms with Crippen LogP contribution in [0.15, 0.2) is 47.4 Å². The van der Waals surface area contributed by atoms with Gasteiger partial charge in [0.25, 0.3) is 0 Å². The minimum Gasteiger partial charge on any atom is -0.349 e. The predicted molar refractivity (Wildman–Crippen MR) is 115 cm³/mol. The summed E-state index contributed by atoms with van der Waals surface area (Å²) in [5.74, 6) is -0.233. The maximum atomic E-state index is 12.8. The van der Waals surface area contributed by atoms with Crippen molar-refractivity contribution in [2.75, 3.05) is 13.1 Å². The number of nitriles is 1. The van der Waals surface area contributed by atoms with Gasteiger partial charge in [-0.2, -0.15) is 9.57 Å². The standard InChI is InChI=1S/C23H27N3O3S/c1-16-4-5-17(2)22(14-16)18(3)25-23(27)20-10-12-26(13-11-20)30(28,29)21-8-6-19(15-24)7-9-21/h4-9,14,18,20H,10-13H2,1-3H3,(H,25,27). The fourth-order valence-electron chi connectivity index (χ4n) is 3.84. The zero-order chi connectivity index (χ0) is 21.9. The summed E-state index contributed by atoms with van der Waals surface area (Å²) in [7, 11) is -3.62. The van der Waals surface area contributed by atoms with E-state index in [4.69, 9.17) is 5.26 Å². The molecule has 6 nitrogen and oxygen atoms in total. The molecule has 1 aliphatic heterocycles. The zero-order valence-corrected chi connectivity index (χ0v) is 18.4. The summed E-state index contributed by atoms with van der Waals surface area (Å²) in [5, 5.41) is 12.0. The van der Waals surface area contributed by atoms with Gasteiger partial charge in [0.15, 0.2) is 0 Å². The van der Waals surface area contributed by atoms with Crippen molar-refractivity contribution in [3.05, 3.63) is 64.7 Å². The van der Waals surface area contributed by atoms with Crippen LogP contribution in [0.4, 0.5) is 0 Å². The van der Waals surface area contributed by atoms with E-state index in [1.807, 2.05) is 26.8 Å². The van der Waals surface area contributed by atoms with Gasteiger partial charge in [-0.05, 0) is 69.0 Å². The molecule has 1 atom stereocenters. The third kappa shape index (κ3) is 4.72. The van der Waals surface area contributed by atoms with Crippen LogP contribution in [-0.2, 0) is 14.8 Å². The summed E-state index contributed by atoms with van der Waals surface area (Å²) in [6, 6.07) is 14.0. The summed E-state index contributed by atoms with van der Waals surface area (Å²) in [5.41, 5.74) is 3.81. The summed E-state index contributed by atoms with van der Waals surface area (Å²) in [6.45, 7) is 6.64. The Balaban J connectivity index is 1.61. The topological polar surface area (TPSA) is 90.3 Å². The Bertz CT molecular complexity index is 1060. The Kier molecular flexibility index (Phi) is 6.59. The fraction of sp³-hybridized carbons (Fsp3) is 0.391. The molecule has 0 aromatic heterocycles. The van der Waals surface area contributed by atoms with Gasteiger partial charge in [-0.15, -0.1) is 0 Å². The molecule has 0 aliphatic carbocycles. The monoisotopic (exact) mass is 425 g/mol. The van der Waals surface area contributed by atoms with E-state index in [2.05, 4.69) is 23.5 Å². The summed E-state index contributed by atoms with van der Waals surface area (Å²) in [6.07, 6.45) is 0.974. The molecule has 1 heterocycles. The molecule has 0 saturated carbocycles. The molecule has 1 amide bonds. The van der Waals surface area contributed by atoms with Crippen molar-refractivity contribution in [2.24, 2.45) is 5.92 Å². The van der Waals surface area contributed by atoms with Gasteiger partial charge >= 0.3 is 0 Å². The van der Waals surface area contributed by atoms with Gasteiger partial charge in [0.05, 0.1) is 22.6 Å². The Morgan fingerprint density at radius 1 is 1.13 bits per heavy atom. The van der Waals surface area contributed by atoms with Crippen molar-refractivity contribution in [2.45, 2.75) is 44.6 Å². The number of carbonyl (C=O) groups is 1. The fourth-order valence-corrected chi connectivity index (χ4v) is 5.31. The molecule has 158 valence electrons. The van der Waals surface area contributed by atoms with E-state index in [9.17, 15) is 13.2 Å². The molecule has 7 heteroatoms. The second kappa shape index (κ2) is 8.99. The highest BCUT2D eigenvalue weighted by Gasteiger charge is 2.32. The van der Waals surface area contributed by atoms with E-state index in [0.717, 1.165) is 16.7 Å². The highest BCUT2D eigenvalue weighted by molar-refractivity contribution is 7.89. The molecule has 1 aliphatic rings. The SMILES string of the molecule is Cc1ccc(C)c(C(C)NC(=O)C2CCN(S(=O)(=O)c3ccc(C#N)cc3)CC2)c1. The molecule has 2 aromatic rings. The van der Waals surface area contributed by atoms with Crippen molar-refractivity contribution in [1.82, 2.24) is 9.62 Å². The molecule has 1 unspecified atom stereocenters. The Morgan fingerprint density at radius 3 is 2.37 bits per heavy atom. The van der Waals surface area contributed by atoms with E-state index < -0.39 is 10.0 Å². The summed E-state index contributed by atoms with van der Waals surface area (Å²) in [4.78, 5) is 12.9. The van der Waals surface area contributed by atoms with E-state index in [-0.39, 0.29) is 22.8 Å². The minimum absolute atomic E-state index is 0.0289. The maximum absolute atomic E-state index is 12.8. The van der Waals surface area contributed by atoms with Crippen molar-refractivity contribution in [3.63, 3.8) is 0 Å². The molecule has 2 aromatic carbocycles. The van der Waals surface area contributed by atoms with Gasteiger partial charge in [0, 0.05) is 19.0 Å². The van der Waals surface area contributed by atoms with Crippen molar-refractivity contribution in [1.29, 1.82) is 5.26 Å². The van der Waals surface area contributed by atoms with Crippen LogP contribution in [0.2, 0.25) is 0 Å². The number of piperidine rings is 1. The van der Waals surface area contributed by atoms with Gasteiger partial charge in [0.2, 0.25) is 15.9 Å². The number of hydrogen-bond donors (Lipinski definition) is 1.